The molecule has 0 radical (unpaired) electrons. The van der Waals surface area contributed by atoms with Crippen LogP contribution in [-0.2, 0) is 0 Å². The van der Waals surface area contributed by atoms with Crippen LogP contribution >= 0.6 is 23.2 Å². The van der Waals surface area contributed by atoms with E-state index in [1.807, 2.05) is 19.3 Å². The van der Waals surface area contributed by atoms with Gasteiger partial charge in [0, 0.05) is 66.2 Å². The van der Waals surface area contributed by atoms with Gasteiger partial charge in [-0.1, -0.05) is 42.3 Å². The predicted molar refractivity (Wildman–Crippen MR) is 135 cm³/mol. The van der Waals surface area contributed by atoms with Gasteiger partial charge < -0.3 is 14.8 Å². The zero-order valence-corrected chi connectivity index (χ0v) is 20.1. The van der Waals surface area contributed by atoms with Crippen molar-refractivity contribution in [3.8, 4) is 11.1 Å². The molecule has 0 aliphatic carbocycles. The SMILES string of the molecule is CC(c1c(Cl)ccc(F)c1Cl)c1c[nH]c2ncc(-c3ccc(N4CCN(C)CC4)cc3)cc12. The lowest BCUT2D eigenvalue weighted by Gasteiger charge is -2.34. The van der Waals surface area contributed by atoms with E-state index in [9.17, 15) is 4.39 Å². The number of nitrogens with zero attached hydrogens (tertiary/aromatic N) is 3. The Balaban J connectivity index is 1.47. The third-order valence-electron chi connectivity index (χ3n) is 6.61. The van der Waals surface area contributed by atoms with E-state index in [4.69, 9.17) is 23.2 Å². The van der Waals surface area contributed by atoms with Gasteiger partial charge in [-0.3, -0.25) is 0 Å². The van der Waals surface area contributed by atoms with Gasteiger partial charge >= 0.3 is 0 Å². The molecule has 4 nitrogen and oxygen atoms in total. The van der Waals surface area contributed by atoms with Crippen LogP contribution in [0.4, 0.5) is 10.1 Å². The normalized spacial score (nSPS) is 15.8. The molecule has 1 aliphatic heterocycles. The summed E-state index contributed by atoms with van der Waals surface area (Å²) in [5.74, 6) is -0.673. The molecule has 1 atom stereocenters. The number of benzene rings is 2. The van der Waals surface area contributed by atoms with Gasteiger partial charge in [-0.15, -0.1) is 0 Å². The number of rotatable bonds is 4. The van der Waals surface area contributed by atoms with Crippen molar-refractivity contribution in [2.75, 3.05) is 38.1 Å². The lowest BCUT2D eigenvalue weighted by atomic mass is 9.92. The molecule has 1 aliphatic rings. The number of aromatic amines is 1. The third-order valence-corrected chi connectivity index (χ3v) is 7.32. The highest BCUT2D eigenvalue weighted by Gasteiger charge is 2.22. The smallest absolute Gasteiger partial charge is 0.142 e. The minimum Gasteiger partial charge on any atom is -0.369 e. The molecule has 0 amide bonds. The molecule has 1 N–H and O–H groups in total. The van der Waals surface area contributed by atoms with Crippen LogP contribution in [0.3, 0.4) is 0 Å². The summed E-state index contributed by atoms with van der Waals surface area (Å²) in [5.41, 5.74) is 5.70. The number of aromatic nitrogens is 2. The van der Waals surface area contributed by atoms with E-state index in [-0.39, 0.29) is 10.9 Å². The van der Waals surface area contributed by atoms with Crippen LogP contribution in [-0.4, -0.2) is 48.1 Å². The second-order valence-corrected chi connectivity index (χ2v) is 9.47. The van der Waals surface area contributed by atoms with Crippen molar-refractivity contribution in [2.45, 2.75) is 12.8 Å². The molecule has 170 valence electrons. The Kier molecular flexibility index (Phi) is 6.04. The summed E-state index contributed by atoms with van der Waals surface area (Å²) in [6, 6.07) is 13.6. The standard InChI is InChI=1S/C26H25Cl2FN4/c1-16(24-22(27)7-8-23(29)25(24)28)21-15-31-26-20(21)13-18(14-30-26)17-3-5-19(6-4-17)33-11-9-32(2)10-12-33/h3-8,13-16H,9-12H2,1-2H3,(H,30,31). The average Bonchev–Trinajstić information content (AvgIpc) is 3.26. The van der Waals surface area contributed by atoms with Gasteiger partial charge in [0.2, 0.25) is 0 Å². The van der Waals surface area contributed by atoms with Crippen molar-refractivity contribution in [1.29, 1.82) is 0 Å². The van der Waals surface area contributed by atoms with Crippen molar-refractivity contribution < 1.29 is 4.39 Å². The fourth-order valence-electron chi connectivity index (χ4n) is 4.56. The highest BCUT2D eigenvalue weighted by atomic mass is 35.5. The van der Waals surface area contributed by atoms with Crippen molar-refractivity contribution in [3.05, 3.63) is 81.8 Å². The Hall–Kier alpha value is -2.60. The van der Waals surface area contributed by atoms with E-state index in [0.29, 0.717) is 10.6 Å². The number of nitrogens with one attached hydrogen (secondary N) is 1. The molecule has 1 unspecified atom stereocenters. The molecular weight excluding hydrogens is 458 g/mol. The van der Waals surface area contributed by atoms with Crippen LogP contribution in [0.1, 0.15) is 24.0 Å². The molecule has 1 fully saturated rings. The minimum absolute atomic E-state index is 0.0629. The maximum atomic E-state index is 14.1. The van der Waals surface area contributed by atoms with Gasteiger partial charge in [-0.2, -0.15) is 0 Å². The fraction of sp³-hybridized carbons (Fsp3) is 0.269. The van der Waals surface area contributed by atoms with Crippen LogP contribution in [0.5, 0.6) is 0 Å². The number of anilines is 1. The Morgan fingerprint density at radius 1 is 1.00 bits per heavy atom. The average molecular weight is 483 g/mol. The highest BCUT2D eigenvalue weighted by molar-refractivity contribution is 6.36. The maximum Gasteiger partial charge on any atom is 0.142 e. The lowest BCUT2D eigenvalue weighted by Crippen LogP contribution is -2.44. The number of halogens is 3. The molecule has 2 aromatic heterocycles. The number of fused-ring (bicyclic) bond motifs is 1. The van der Waals surface area contributed by atoms with Crippen LogP contribution in [0.25, 0.3) is 22.2 Å². The molecule has 0 spiro atoms. The van der Waals surface area contributed by atoms with Crippen molar-refractivity contribution in [1.82, 2.24) is 14.9 Å². The van der Waals surface area contributed by atoms with Gasteiger partial charge in [0.15, 0.2) is 0 Å². The molecule has 1 saturated heterocycles. The largest absolute Gasteiger partial charge is 0.369 e. The topological polar surface area (TPSA) is 35.2 Å². The first-order valence-corrected chi connectivity index (χ1v) is 11.8. The Bertz CT molecular complexity index is 1290. The number of hydrogen-bond donors (Lipinski definition) is 1. The van der Waals surface area contributed by atoms with Crippen LogP contribution in [0, 0.1) is 5.82 Å². The summed E-state index contributed by atoms with van der Waals surface area (Å²) in [5, 5.41) is 1.49. The lowest BCUT2D eigenvalue weighted by molar-refractivity contribution is 0.313. The minimum atomic E-state index is -0.470. The summed E-state index contributed by atoms with van der Waals surface area (Å²) in [7, 11) is 2.16. The first-order valence-electron chi connectivity index (χ1n) is 11.1. The monoisotopic (exact) mass is 482 g/mol. The number of pyridine rings is 1. The number of hydrogen-bond acceptors (Lipinski definition) is 3. The van der Waals surface area contributed by atoms with E-state index >= 15 is 0 Å². The fourth-order valence-corrected chi connectivity index (χ4v) is 5.26. The number of likely N-dealkylation sites (N-methyl/N-ethyl adjacent to an activating group) is 1. The molecule has 2 aromatic carbocycles. The van der Waals surface area contributed by atoms with Gasteiger partial charge in [0.25, 0.3) is 0 Å². The van der Waals surface area contributed by atoms with Gasteiger partial charge in [-0.05, 0) is 54.1 Å². The summed E-state index contributed by atoms with van der Waals surface area (Å²) in [4.78, 5) is 12.6. The summed E-state index contributed by atoms with van der Waals surface area (Å²) < 4.78 is 14.1. The third kappa shape index (κ3) is 4.21. The second-order valence-electron chi connectivity index (χ2n) is 8.68. The second kappa shape index (κ2) is 8.98. The van der Waals surface area contributed by atoms with E-state index in [0.717, 1.165) is 53.9 Å². The molecule has 3 heterocycles. The Labute approximate surface area is 202 Å². The van der Waals surface area contributed by atoms with Gasteiger partial charge in [0.05, 0.1) is 5.02 Å². The first kappa shape index (κ1) is 22.2. The van der Waals surface area contributed by atoms with Crippen molar-refractivity contribution in [3.63, 3.8) is 0 Å². The van der Waals surface area contributed by atoms with Crippen LogP contribution < -0.4 is 4.90 Å². The van der Waals surface area contributed by atoms with E-state index in [1.54, 1.807) is 6.07 Å². The van der Waals surface area contributed by atoms with Crippen molar-refractivity contribution in [2.24, 2.45) is 0 Å². The highest BCUT2D eigenvalue weighted by Crippen LogP contribution is 2.39. The molecule has 5 rings (SSSR count). The summed E-state index contributed by atoms with van der Waals surface area (Å²) in [6.45, 7) is 6.22. The quantitative estimate of drug-likeness (QED) is 0.333. The zero-order chi connectivity index (χ0) is 23.1. The van der Waals surface area contributed by atoms with E-state index in [1.165, 1.54) is 11.8 Å². The van der Waals surface area contributed by atoms with Crippen molar-refractivity contribution >= 4 is 39.9 Å². The first-order chi connectivity index (χ1) is 15.9. The zero-order valence-electron chi connectivity index (χ0n) is 18.6. The molecule has 7 heteroatoms. The van der Waals surface area contributed by atoms with Gasteiger partial charge in [0.1, 0.15) is 11.5 Å². The Morgan fingerprint density at radius 2 is 1.73 bits per heavy atom. The molecule has 4 aromatic rings. The van der Waals surface area contributed by atoms with E-state index in [2.05, 4.69) is 57.1 Å². The molecule has 0 saturated carbocycles. The van der Waals surface area contributed by atoms with Crippen LogP contribution in [0.15, 0.2) is 54.9 Å². The summed E-state index contributed by atoms with van der Waals surface area (Å²) >= 11 is 12.7. The van der Waals surface area contributed by atoms with Crippen LogP contribution in [0.2, 0.25) is 10.0 Å². The van der Waals surface area contributed by atoms with E-state index < -0.39 is 5.82 Å². The molecule has 0 bridgehead atoms. The predicted octanol–water partition coefficient (Wildman–Crippen LogP) is 6.58. The summed E-state index contributed by atoms with van der Waals surface area (Å²) in [6.07, 6.45) is 3.78. The molecular formula is C26H25Cl2FN4. The van der Waals surface area contributed by atoms with Gasteiger partial charge in [-0.25, -0.2) is 9.37 Å². The number of piperazine rings is 1. The maximum absolute atomic E-state index is 14.1. The molecule has 33 heavy (non-hydrogen) atoms. The number of H-pyrrole nitrogens is 1. The Morgan fingerprint density at radius 3 is 2.45 bits per heavy atom.